The van der Waals surface area contributed by atoms with Crippen molar-refractivity contribution in [2.75, 3.05) is 6.61 Å². The second-order valence-electron chi connectivity index (χ2n) is 6.33. The minimum atomic E-state index is -0.293. The predicted molar refractivity (Wildman–Crippen MR) is 84.1 cm³/mol. The summed E-state index contributed by atoms with van der Waals surface area (Å²) >= 11 is 0. The molecule has 118 valence electrons. The molecular weight excluding hydrogens is 280 g/mol. The highest BCUT2D eigenvalue weighted by atomic mass is 16.5. The number of hydrogen-bond donors (Lipinski definition) is 2. The molecule has 5 heteroatoms. The molecule has 1 aromatic carbocycles. The van der Waals surface area contributed by atoms with E-state index in [4.69, 9.17) is 4.74 Å². The van der Waals surface area contributed by atoms with Crippen molar-refractivity contribution in [3.63, 3.8) is 0 Å². The standard InChI is InChI=1S/C17H22N2O3/c1-12-5-4-6-15(7-12)22-11-16(21)19-18-13-8-14(20)10-17(2,3)9-13/h4-7,9,18H,8,10-11H2,1-3H3,(H,19,21). The van der Waals surface area contributed by atoms with Crippen LogP contribution >= 0.6 is 0 Å². The molecule has 0 spiro atoms. The average Bonchev–Trinajstić information content (AvgIpc) is 2.41. The number of nitrogens with one attached hydrogen (secondary N) is 2. The fraction of sp³-hybridized carbons (Fsp3) is 0.412. The van der Waals surface area contributed by atoms with Crippen LogP contribution in [0.4, 0.5) is 0 Å². The van der Waals surface area contributed by atoms with Crippen LogP contribution in [0.5, 0.6) is 5.75 Å². The van der Waals surface area contributed by atoms with Crippen molar-refractivity contribution in [3.8, 4) is 5.75 Å². The highest BCUT2D eigenvalue weighted by molar-refractivity contribution is 5.83. The van der Waals surface area contributed by atoms with Gasteiger partial charge in [-0.25, -0.2) is 0 Å². The van der Waals surface area contributed by atoms with Crippen LogP contribution in [0.3, 0.4) is 0 Å². The summed E-state index contributed by atoms with van der Waals surface area (Å²) in [6, 6.07) is 7.51. The molecule has 0 bridgehead atoms. The molecule has 0 atom stereocenters. The van der Waals surface area contributed by atoms with Gasteiger partial charge in [0.1, 0.15) is 11.5 Å². The number of hydrazine groups is 1. The molecule has 0 aromatic heterocycles. The molecule has 0 aliphatic heterocycles. The number of carbonyl (C=O) groups excluding carboxylic acids is 2. The van der Waals surface area contributed by atoms with E-state index < -0.39 is 0 Å². The number of ketones is 1. The van der Waals surface area contributed by atoms with Crippen LogP contribution < -0.4 is 15.6 Å². The van der Waals surface area contributed by atoms with Crippen LogP contribution in [0, 0.1) is 12.3 Å². The van der Waals surface area contributed by atoms with Crippen molar-refractivity contribution in [3.05, 3.63) is 41.6 Å². The smallest absolute Gasteiger partial charge is 0.276 e. The molecule has 1 aliphatic carbocycles. The van der Waals surface area contributed by atoms with Gasteiger partial charge in [-0.3, -0.25) is 15.0 Å². The lowest BCUT2D eigenvalue weighted by atomic mass is 9.81. The first-order chi connectivity index (χ1) is 10.3. The summed E-state index contributed by atoms with van der Waals surface area (Å²) in [4.78, 5) is 23.4. The van der Waals surface area contributed by atoms with Gasteiger partial charge < -0.3 is 10.2 Å². The molecule has 2 N–H and O–H groups in total. The monoisotopic (exact) mass is 302 g/mol. The Morgan fingerprint density at radius 1 is 1.36 bits per heavy atom. The Bertz CT molecular complexity index is 606. The van der Waals surface area contributed by atoms with E-state index in [2.05, 4.69) is 10.9 Å². The summed E-state index contributed by atoms with van der Waals surface area (Å²) in [5.41, 5.74) is 7.00. The zero-order chi connectivity index (χ0) is 16.2. The number of aryl methyl sites for hydroxylation is 1. The van der Waals surface area contributed by atoms with Crippen molar-refractivity contribution in [2.45, 2.75) is 33.6 Å². The molecule has 22 heavy (non-hydrogen) atoms. The normalized spacial score (nSPS) is 16.7. The van der Waals surface area contributed by atoms with Crippen molar-refractivity contribution >= 4 is 11.7 Å². The van der Waals surface area contributed by atoms with Gasteiger partial charge in [-0.2, -0.15) is 0 Å². The summed E-state index contributed by atoms with van der Waals surface area (Å²) in [7, 11) is 0. The van der Waals surface area contributed by atoms with Crippen LogP contribution in [0.25, 0.3) is 0 Å². The summed E-state index contributed by atoms with van der Waals surface area (Å²) in [6.45, 7) is 5.87. The van der Waals surface area contributed by atoms with E-state index in [1.165, 1.54) is 0 Å². The fourth-order valence-electron chi connectivity index (χ4n) is 2.48. The average molecular weight is 302 g/mol. The van der Waals surface area contributed by atoms with E-state index in [-0.39, 0.29) is 23.7 Å². The second kappa shape index (κ2) is 6.64. The summed E-state index contributed by atoms with van der Waals surface area (Å²) in [5, 5.41) is 0. The Hall–Kier alpha value is -2.30. The Morgan fingerprint density at radius 3 is 2.82 bits per heavy atom. The van der Waals surface area contributed by atoms with Crippen LogP contribution in [0.15, 0.2) is 36.0 Å². The molecule has 2 rings (SSSR count). The summed E-state index contributed by atoms with van der Waals surface area (Å²) in [5.74, 6) is 0.529. The number of carbonyl (C=O) groups is 2. The van der Waals surface area contributed by atoms with E-state index >= 15 is 0 Å². The maximum absolute atomic E-state index is 11.8. The van der Waals surface area contributed by atoms with Crippen LogP contribution in [-0.4, -0.2) is 18.3 Å². The third kappa shape index (κ3) is 4.91. The van der Waals surface area contributed by atoms with Crippen molar-refractivity contribution in [1.29, 1.82) is 0 Å². The predicted octanol–water partition coefficient (Wildman–Crippen LogP) is 2.27. The number of Topliss-reactive ketones (excluding diaryl/α,β-unsaturated/α-hetero) is 1. The van der Waals surface area contributed by atoms with E-state index in [0.29, 0.717) is 18.6 Å². The Labute approximate surface area is 130 Å². The quantitative estimate of drug-likeness (QED) is 0.819. The largest absolute Gasteiger partial charge is 0.484 e. The Balaban J connectivity index is 1.80. The van der Waals surface area contributed by atoms with Gasteiger partial charge in [0.25, 0.3) is 5.91 Å². The third-order valence-corrected chi connectivity index (χ3v) is 3.33. The molecule has 0 heterocycles. The molecule has 0 unspecified atom stereocenters. The highest BCUT2D eigenvalue weighted by Crippen LogP contribution is 2.29. The molecule has 1 aliphatic rings. The first kappa shape index (κ1) is 16.1. The van der Waals surface area contributed by atoms with E-state index in [1.54, 1.807) is 6.07 Å². The number of benzene rings is 1. The van der Waals surface area contributed by atoms with Gasteiger partial charge in [-0.1, -0.05) is 32.1 Å². The van der Waals surface area contributed by atoms with Gasteiger partial charge in [0, 0.05) is 18.5 Å². The van der Waals surface area contributed by atoms with E-state index in [0.717, 1.165) is 11.3 Å². The molecule has 0 saturated carbocycles. The zero-order valence-electron chi connectivity index (χ0n) is 13.2. The first-order valence-electron chi connectivity index (χ1n) is 7.32. The van der Waals surface area contributed by atoms with Gasteiger partial charge >= 0.3 is 0 Å². The molecule has 5 nitrogen and oxygen atoms in total. The van der Waals surface area contributed by atoms with Crippen molar-refractivity contribution < 1.29 is 14.3 Å². The highest BCUT2D eigenvalue weighted by Gasteiger charge is 2.26. The topological polar surface area (TPSA) is 67.4 Å². The minimum absolute atomic E-state index is 0.0823. The molecular formula is C17H22N2O3. The van der Waals surface area contributed by atoms with E-state index in [9.17, 15) is 9.59 Å². The Kier molecular flexibility index (Phi) is 4.85. The number of hydrogen-bond acceptors (Lipinski definition) is 4. The molecule has 1 aromatic rings. The van der Waals surface area contributed by atoms with Gasteiger partial charge in [0.05, 0.1) is 0 Å². The van der Waals surface area contributed by atoms with Crippen LogP contribution in [-0.2, 0) is 9.59 Å². The lowest BCUT2D eigenvalue weighted by Crippen LogP contribution is -2.41. The maximum atomic E-state index is 11.8. The van der Waals surface area contributed by atoms with Gasteiger partial charge in [-0.15, -0.1) is 0 Å². The lowest BCUT2D eigenvalue weighted by Gasteiger charge is -2.27. The van der Waals surface area contributed by atoms with Gasteiger partial charge in [0.2, 0.25) is 0 Å². The summed E-state index contributed by atoms with van der Waals surface area (Å²) in [6.07, 6.45) is 2.83. The number of amides is 1. The lowest BCUT2D eigenvalue weighted by molar-refractivity contribution is -0.124. The minimum Gasteiger partial charge on any atom is -0.484 e. The van der Waals surface area contributed by atoms with Crippen molar-refractivity contribution in [2.24, 2.45) is 5.41 Å². The fourth-order valence-corrected chi connectivity index (χ4v) is 2.48. The first-order valence-corrected chi connectivity index (χ1v) is 7.32. The number of rotatable bonds is 5. The molecule has 0 saturated heterocycles. The number of ether oxygens (including phenoxy) is 1. The molecule has 0 fully saturated rings. The van der Waals surface area contributed by atoms with Gasteiger partial charge in [-0.05, 0) is 30.0 Å². The third-order valence-electron chi connectivity index (χ3n) is 3.33. The van der Waals surface area contributed by atoms with E-state index in [1.807, 2.05) is 45.0 Å². The van der Waals surface area contributed by atoms with Crippen LogP contribution in [0.2, 0.25) is 0 Å². The Morgan fingerprint density at radius 2 is 2.14 bits per heavy atom. The maximum Gasteiger partial charge on any atom is 0.276 e. The van der Waals surface area contributed by atoms with Gasteiger partial charge in [0.15, 0.2) is 6.61 Å². The number of allylic oxidation sites excluding steroid dienone is 2. The van der Waals surface area contributed by atoms with Crippen LogP contribution in [0.1, 0.15) is 32.3 Å². The summed E-state index contributed by atoms with van der Waals surface area (Å²) < 4.78 is 5.41. The molecule has 1 amide bonds. The van der Waals surface area contributed by atoms with Crippen molar-refractivity contribution in [1.82, 2.24) is 10.9 Å². The SMILES string of the molecule is Cc1cccc(OCC(=O)NNC2=CC(C)(C)CC(=O)C2)c1. The zero-order valence-corrected chi connectivity index (χ0v) is 13.2. The molecule has 0 radical (unpaired) electrons. The second-order valence-corrected chi connectivity index (χ2v) is 6.33.